The fourth-order valence-corrected chi connectivity index (χ4v) is 13.3. The fourth-order valence-electron chi connectivity index (χ4n) is 13.3. The van der Waals surface area contributed by atoms with E-state index in [0.29, 0.717) is 0 Å². The second-order valence-corrected chi connectivity index (χ2v) is 19.6. The molecule has 0 amide bonds. The summed E-state index contributed by atoms with van der Waals surface area (Å²) in [6.45, 7) is 2.41. The van der Waals surface area contributed by atoms with Gasteiger partial charge in [-0.15, -0.1) is 0 Å². The average molecular weight is 904 g/mol. The summed E-state index contributed by atoms with van der Waals surface area (Å²) < 4.78 is 0. The molecule has 3 aliphatic carbocycles. The van der Waals surface area contributed by atoms with Gasteiger partial charge >= 0.3 is 0 Å². The summed E-state index contributed by atoms with van der Waals surface area (Å²) in [6, 6.07) is 104. The maximum Gasteiger partial charge on any atom is 0.0713 e. The first-order valence-electron chi connectivity index (χ1n) is 24.9. The van der Waals surface area contributed by atoms with Crippen LogP contribution in [0.15, 0.2) is 279 Å². The third-order valence-electron chi connectivity index (χ3n) is 16.3. The fraction of sp³-hybridized carbons (Fsp3) is 0.0571. The van der Waals surface area contributed by atoms with Crippen LogP contribution in [0.4, 0.5) is 17.1 Å². The van der Waals surface area contributed by atoms with E-state index < -0.39 is 10.8 Å². The summed E-state index contributed by atoms with van der Waals surface area (Å²) in [5.74, 6) is 0. The highest BCUT2D eigenvalue weighted by molar-refractivity contribution is 5.92. The van der Waals surface area contributed by atoms with E-state index >= 15 is 0 Å². The summed E-state index contributed by atoms with van der Waals surface area (Å²) in [6.07, 6.45) is 0. The molecule has 0 fully saturated rings. The van der Waals surface area contributed by atoms with E-state index in [1.807, 2.05) is 0 Å². The molecule has 71 heavy (non-hydrogen) atoms. The minimum Gasteiger partial charge on any atom is -0.310 e. The van der Waals surface area contributed by atoms with Crippen molar-refractivity contribution in [2.45, 2.75) is 23.2 Å². The number of hydrogen-bond donors (Lipinski definition) is 0. The predicted octanol–water partition coefficient (Wildman–Crippen LogP) is 17.2. The van der Waals surface area contributed by atoms with Gasteiger partial charge in [-0.25, -0.2) is 0 Å². The summed E-state index contributed by atoms with van der Waals surface area (Å²) in [4.78, 5) is 2.50. The lowest BCUT2D eigenvalue weighted by Gasteiger charge is -2.35. The largest absolute Gasteiger partial charge is 0.310 e. The molecule has 1 unspecified atom stereocenters. The van der Waals surface area contributed by atoms with Crippen molar-refractivity contribution >= 4 is 17.1 Å². The highest BCUT2D eigenvalue weighted by Gasteiger charge is 2.48. The predicted molar refractivity (Wildman–Crippen MR) is 293 cm³/mol. The maximum absolute atomic E-state index is 2.50. The van der Waals surface area contributed by atoms with Gasteiger partial charge in [-0.1, -0.05) is 243 Å². The van der Waals surface area contributed by atoms with E-state index in [4.69, 9.17) is 0 Å². The Morgan fingerprint density at radius 1 is 0.225 bits per heavy atom. The molecule has 14 rings (SSSR count). The maximum atomic E-state index is 2.50. The SMILES string of the molecule is CC1(c2ccccc2)c2ccccc2-c2ccc(N(c3ccc(C4(c5ccccc5)c5ccccc5-c5ccccc54)cc3)c3ccc4c(c3)-c3ccccc3C4(c3ccccc3)c3ccccc3)cc21. The zero-order chi connectivity index (χ0) is 47.2. The highest BCUT2D eigenvalue weighted by Crippen LogP contribution is 2.60. The molecule has 0 aromatic heterocycles. The number of nitrogens with zero attached hydrogens (tertiary/aromatic N) is 1. The second-order valence-electron chi connectivity index (χ2n) is 19.6. The van der Waals surface area contributed by atoms with Crippen molar-refractivity contribution in [1.29, 1.82) is 0 Å². The van der Waals surface area contributed by atoms with Crippen LogP contribution in [-0.4, -0.2) is 0 Å². The van der Waals surface area contributed by atoms with Crippen molar-refractivity contribution in [2.75, 3.05) is 4.90 Å². The van der Waals surface area contributed by atoms with Gasteiger partial charge in [-0.05, 0) is 138 Å². The highest BCUT2D eigenvalue weighted by atomic mass is 15.1. The van der Waals surface area contributed by atoms with E-state index in [2.05, 4.69) is 291 Å². The second kappa shape index (κ2) is 15.9. The van der Waals surface area contributed by atoms with Gasteiger partial charge in [0, 0.05) is 22.5 Å². The van der Waals surface area contributed by atoms with Crippen LogP contribution in [0.1, 0.15) is 68.1 Å². The lowest BCUT2D eigenvalue weighted by atomic mass is 9.67. The summed E-state index contributed by atoms with van der Waals surface area (Å²) in [7, 11) is 0. The van der Waals surface area contributed by atoms with Crippen LogP contribution < -0.4 is 4.90 Å². The molecule has 334 valence electrons. The van der Waals surface area contributed by atoms with Crippen LogP contribution in [0.25, 0.3) is 33.4 Å². The van der Waals surface area contributed by atoms with Crippen LogP contribution in [0.3, 0.4) is 0 Å². The molecule has 0 heterocycles. The van der Waals surface area contributed by atoms with Crippen molar-refractivity contribution in [3.63, 3.8) is 0 Å². The molecule has 3 aliphatic rings. The topological polar surface area (TPSA) is 3.24 Å². The molecule has 0 spiro atoms. The Bertz CT molecular complexity index is 3730. The van der Waals surface area contributed by atoms with Gasteiger partial charge < -0.3 is 4.90 Å². The molecule has 1 heteroatoms. The number of fused-ring (bicyclic) bond motifs is 9. The normalized spacial score (nSPS) is 16.0. The zero-order valence-corrected chi connectivity index (χ0v) is 39.5. The molecule has 0 bridgehead atoms. The smallest absolute Gasteiger partial charge is 0.0713 e. The molecule has 1 atom stereocenters. The van der Waals surface area contributed by atoms with E-state index in [-0.39, 0.29) is 5.41 Å². The van der Waals surface area contributed by atoms with Gasteiger partial charge in [0.25, 0.3) is 0 Å². The molecule has 0 saturated carbocycles. The molecule has 11 aromatic carbocycles. The average Bonchev–Trinajstić information content (AvgIpc) is 4.02. The Kier molecular flexibility index (Phi) is 9.22. The summed E-state index contributed by atoms with van der Waals surface area (Å²) >= 11 is 0. The monoisotopic (exact) mass is 903 g/mol. The van der Waals surface area contributed by atoms with E-state index in [9.17, 15) is 0 Å². The van der Waals surface area contributed by atoms with Crippen LogP contribution in [-0.2, 0) is 16.2 Å². The van der Waals surface area contributed by atoms with Gasteiger partial charge in [0.15, 0.2) is 0 Å². The Morgan fingerprint density at radius 2 is 0.549 bits per heavy atom. The first-order valence-corrected chi connectivity index (χ1v) is 24.9. The van der Waals surface area contributed by atoms with Gasteiger partial charge in [-0.2, -0.15) is 0 Å². The van der Waals surface area contributed by atoms with Crippen molar-refractivity contribution < 1.29 is 0 Å². The molecule has 0 N–H and O–H groups in total. The van der Waals surface area contributed by atoms with E-state index in [1.54, 1.807) is 0 Å². The molecule has 0 aliphatic heterocycles. The lowest BCUT2D eigenvalue weighted by molar-refractivity contribution is 0.714. The molecular formula is C70H49N. The van der Waals surface area contributed by atoms with Crippen LogP contribution in [0, 0.1) is 0 Å². The van der Waals surface area contributed by atoms with E-state index in [1.165, 1.54) is 94.6 Å². The quantitative estimate of drug-likeness (QED) is 0.147. The van der Waals surface area contributed by atoms with Crippen LogP contribution in [0.5, 0.6) is 0 Å². The molecule has 11 aromatic rings. The van der Waals surface area contributed by atoms with Crippen LogP contribution >= 0.6 is 0 Å². The Hall–Kier alpha value is -8.78. The lowest BCUT2D eigenvalue weighted by Crippen LogP contribution is -2.28. The van der Waals surface area contributed by atoms with Gasteiger partial charge in [0.05, 0.1) is 10.8 Å². The zero-order valence-electron chi connectivity index (χ0n) is 39.5. The van der Waals surface area contributed by atoms with Crippen molar-refractivity contribution in [1.82, 2.24) is 0 Å². The summed E-state index contributed by atoms with van der Waals surface area (Å²) in [5.41, 5.74) is 23.8. The minimum atomic E-state index is -0.496. The standard InChI is InChI=1S/C70H49N/c1-68(48-22-6-2-7-23-48)62-34-18-14-30-56(62)60-44-42-55(47-67(60)68)71(53-40-38-52(39-41-53)70(51-28-12-5-13-29-51)63-35-19-15-31-57(63)58-32-16-20-36-64(58)70)54-43-45-66-61(46-54)59-33-17-21-37-65(59)69(66,49-24-8-3-9-25-49)50-26-10-4-11-27-50/h2-47H,1H3. The van der Waals surface area contributed by atoms with Gasteiger partial charge in [-0.3, -0.25) is 0 Å². The van der Waals surface area contributed by atoms with E-state index in [0.717, 1.165) is 17.1 Å². The Morgan fingerprint density at radius 3 is 1.04 bits per heavy atom. The van der Waals surface area contributed by atoms with Crippen molar-refractivity contribution in [2.24, 2.45) is 0 Å². The van der Waals surface area contributed by atoms with Gasteiger partial charge in [0.2, 0.25) is 0 Å². The Balaban J connectivity index is 1.00. The van der Waals surface area contributed by atoms with Gasteiger partial charge in [0.1, 0.15) is 0 Å². The van der Waals surface area contributed by atoms with Crippen molar-refractivity contribution in [3.05, 3.63) is 340 Å². The molecule has 1 nitrogen and oxygen atoms in total. The van der Waals surface area contributed by atoms with Crippen molar-refractivity contribution in [3.8, 4) is 33.4 Å². The summed E-state index contributed by atoms with van der Waals surface area (Å²) in [5, 5.41) is 0. The molecular weight excluding hydrogens is 855 g/mol. The molecule has 0 saturated heterocycles. The molecule has 0 radical (unpaired) electrons. The van der Waals surface area contributed by atoms with Crippen LogP contribution in [0.2, 0.25) is 0 Å². The number of hydrogen-bond acceptors (Lipinski definition) is 1. The first kappa shape index (κ1) is 41.2. The number of rotatable bonds is 8. The third kappa shape index (κ3) is 5.75. The first-order chi connectivity index (χ1) is 35.1. The number of anilines is 3. The minimum absolute atomic E-state index is 0.355. The third-order valence-corrected chi connectivity index (χ3v) is 16.3. The number of benzene rings is 11. The Labute approximate surface area is 416 Å².